The molecule has 0 saturated heterocycles. The van der Waals surface area contributed by atoms with E-state index in [1.54, 1.807) is 12.1 Å². The highest BCUT2D eigenvalue weighted by molar-refractivity contribution is 7.86. The molecule has 8 aliphatic rings. The van der Waals surface area contributed by atoms with Crippen molar-refractivity contribution in [2.24, 2.45) is 80.8 Å². The van der Waals surface area contributed by atoms with Gasteiger partial charge < -0.3 is 5.11 Å². The number of carbonyl (C=O) groups is 2. The Morgan fingerprint density at radius 2 is 1.14 bits per heavy atom. The lowest BCUT2D eigenvalue weighted by molar-refractivity contribution is -0.117. The normalized spacial score (nSPS) is 41.6. The first-order chi connectivity index (χ1) is 27.4. The molecular formula is C52H74O6S. The van der Waals surface area contributed by atoms with Crippen molar-refractivity contribution in [1.29, 1.82) is 0 Å². The third kappa shape index (κ3) is 7.47. The van der Waals surface area contributed by atoms with Crippen LogP contribution in [-0.2, 0) is 23.9 Å². The molecule has 4 saturated carbocycles. The molecule has 0 aromatic heterocycles. The average molecular weight is 827 g/mol. The summed E-state index contributed by atoms with van der Waals surface area (Å²) in [6.07, 6.45) is 26.4. The molecule has 0 radical (unpaired) electrons. The Kier molecular flexibility index (Phi) is 12.2. The molecule has 0 heterocycles. The van der Waals surface area contributed by atoms with Crippen molar-refractivity contribution >= 4 is 21.7 Å². The largest absolute Gasteiger partial charge is 0.396 e. The van der Waals surface area contributed by atoms with Crippen molar-refractivity contribution < 1.29 is 27.3 Å². The fourth-order valence-electron chi connectivity index (χ4n) is 15.2. The highest BCUT2D eigenvalue weighted by Gasteiger charge is 2.60. The number of aliphatic hydroxyl groups excluding tert-OH is 1. The summed E-state index contributed by atoms with van der Waals surface area (Å²) >= 11 is 0. The molecule has 9 rings (SSSR count). The van der Waals surface area contributed by atoms with Gasteiger partial charge in [0.2, 0.25) is 0 Å². The van der Waals surface area contributed by atoms with Crippen LogP contribution in [-0.4, -0.2) is 38.3 Å². The first-order valence-corrected chi connectivity index (χ1v) is 24.3. The summed E-state index contributed by atoms with van der Waals surface area (Å²) in [7, 11) is -3.74. The first kappa shape index (κ1) is 44.4. The van der Waals surface area contributed by atoms with E-state index in [-0.39, 0.29) is 46.9 Å². The summed E-state index contributed by atoms with van der Waals surface area (Å²) in [5.74, 6) is 6.17. The molecule has 6 nitrogen and oxygen atoms in total. The number of allylic oxidation sites excluding steroid dienone is 8. The van der Waals surface area contributed by atoms with Crippen molar-refractivity contribution in [2.75, 3.05) is 13.2 Å². The van der Waals surface area contributed by atoms with Crippen LogP contribution in [0.2, 0.25) is 0 Å². The standard InChI is InChI=1S/C29H38O4S.C22H32O2.CH4/c1-19-5-8-23(9-6-19)34(31,32)33-18-20(2)25-11-12-26-24-10-7-21-17-22(30)13-15-28(21,3)27(24)14-16-29(25,26)4;1-14(13-23)18-6-7-19-17-5-4-15-12-16(24)8-10-21(15,2)20(17)9-11-22(18,19)3;/h5-10,17,20,24-27H,11-16,18H2,1-4H3;4-5,12,14,17-20,23H,6-11,13H2,1-3H3;1H4/t20-,24?,25?,26?,27?,28+,29-;14-,17?,18?,19?,20?,21+,22-;/m11./s1. The van der Waals surface area contributed by atoms with E-state index >= 15 is 0 Å². The summed E-state index contributed by atoms with van der Waals surface area (Å²) in [6, 6.07) is 6.87. The van der Waals surface area contributed by atoms with E-state index in [4.69, 9.17) is 4.18 Å². The zero-order chi connectivity index (χ0) is 41.4. The predicted octanol–water partition coefficient (Wildman–Crippen LogP) is 11.4. The molecule has 8 aliphatic carbocycles. The van der Waals surface area contributed by atoms with Gasteiger partial charge in [-0.25, -0.2) is 0 Å². The van der Waals surface area contributed by atoms with Crippen LogP contribution in [0.25, 0.3) is 0 Å². The zero-order valence-electron chi connectivity index (χ0n) is 36.3. The predicted molar refractivity (Wildman–Crippen MR) is 237 cm³/mol. The van der Waals surface area contributed by atoms with Crippen molar-refractivity contribution in [3.63, 3.8) is 0 Å². The maximum absolute atomic E-state index is 12.7. The van der Waals surface area contributed by atoms with Gasteiger partial charge >= 0.3 is 0 Å². The summed E-state index contributed by atoms with van der Waals surface area (Å²) < 4.78 is 31.1. The van der Waals surface area contributed by atoms with Crippen LogP contribution < -0.4 is 0 Å². The second kappa shape index (κ2) is 16.3. The average Bonchev–Trinajstić information content (AvgIpc) is 3.74. The SMILES string of the molecule is C.C[C@H](CO)C1CCC2C3C=CC4=CC(=O)CC[C@]4(C)C3CC[C@@]21C.Cc1ccc(S(=O)(=O)OC[C@@H](C)C2CCC3C4C=CC5=CC(=O)CC[C@]5(C)C4CC[C@@]32C)cc1. The molecule has 0 spiro atoms. The van der Waals surface area contributed by atoms with Crippen LogP contribution in [0.4, 0.5) is 0 Å². The fourth-order valence-corrected chi connectivity index (χ4v) is 16.2. The van der Waals surface area contributed by atoms with Gasteiger partial charge in [-0.15, -0.1) is 0 Å². The van der Waals surface area contributed by atoms with Gasteiger partial charge in [0.1, 0.15) is 0 Å². The van der Waals surface area contributed by atoms with E-state index in [0.29, 0.717) is 71.6 Å². The molecule has 1 N–H and O–H groups in total. The number of fused-ring (bicyclic) bond motifs is 10. The third-order valence-electron chi connectivity index (χ3n) is 18.6. The summed E-state index contributed by atoms with van der Waals surface area (Å²) in [5, 5.41) is 9.70. The van der Waals surface area contributed by atoms with Crippen LogP contribution in [0.15, 0.2) is 76.8 Å². The van der Waals surface area contributed by atoms with Crippen LogP contribution >= 0.6 is 0 Å². The first-order valence-electron chi connectivity index (χ1n) is 22.9. The molecule has 59 heavy (non-hydrogen) atoms. The van der Waals surface area contributed by atoms with Crippen LogP contribution in [0, 0.1) is 87.8 Å². The zero-order valence-corrected chi connectivity index (χ0v) is 37.2. The van der Waals surface area contributed by atoms with E-state index in [0.717, 1.165) is 37.2 Å². The summed E-state index contributed by atoms with van der Waals surface area (Å²) in [5.41, 5.74) is 4.47. The second-order valence-electron chi connectivity index (χ2n) is 21.4. The molecule has 324 valence electrons. The van der Waals surface area contributed by atoms with E-state index in [2.05, 4.69) is 65.8 Å². The minimum atomic E-state index is -3.74. The van der Waals surface area contributed by atoms with Gasteiger partial charge in [-0.3, -0.25) is 13.8 Å². The van der Waals surface area contributed by atoms with Gasteiger partial charge in [0.05, 0.1) is 11.5 Å². The monoisotopic (exact) mass is 827 g/mol. The number of aliphatic hydroxyl groups is 1. The minimum Gasteiger partial charge on any atom is -0.396 e. The maximum Gasteiger partial charge on any atom is 0.296 e. The topological polar surface area (TPSA) is 97.7 Å². The maximum atomic E-state index is 12.7. The molecular weight excluding hydrogens is 753 g/mol. The smallest absolute Gasteiger partial charge is 0.296 e. The van der Waals surface area contributed by atoms with E-state index in [9.17, 15) is 23.1 Å². The highest BCUT2D eigenvalue weighted by Crippen LogP contribution is 2.67. The minimum absolute atomic E-state index is 0. The molecule has 0 bridgehead atoms. The Morgan fingerprint density at radius 3 is 1.59 bits per heavy atom. The van der Waals surface area contributed by atoms with E-state index < -0.39 is 10.1 Å². The van der Waals surface area contributed by atoms with Gasteiger partial charge in [0, 0.05) is 19.4 Å². The quantitative estimate of drug-likeness (QED) is 0.275. The fraction of sp³-hybridized carbons (Fsp3) is 0.692. The van der Waals surface area contributed by atoms with E-state index in [1.165, 1.54) is 56.1 Å². The Morgan fingerprint density at radius 1 is 0.678 bits per heavy atom. The Balaban J connectivity index is 0.000000186. The number of hydrogen-bond acceptors (Lipinski definition) is 6. The van der Waals surface area contributed by atoms with Crippen LogP contribution in [0.5, 0.6) is 0 Å². The van der Waals surface area contributed by atoms with Gasteiger partial charge in [0.15, 0.2) is 11.6 Å². The molecule has 0 amide bonds. The van der Waals surface area contributed by atoms with Gasteiger partial charge in [0.25, 0.3) is 10.1 Å². The lowest BCUT2D eigenvalue weighted by Gasteiger charge is -2.56. The number of rotatable bonds is 7. The molecule has 1 aromatic rings. The van der Waals surface area contributed by atoms with Crippen molar-refractivity contribution in [3.8, 4) is 0 Å². The summed E-state index contributed by atoms with van der Waals surface area (Å²) in [4.78, 5) is 24.1. The third-order valence-corrected chi connectivity index (χ3v) is 19.9. The van der Waals surface area contributed by atoms with Crippen molar-refractivity contribution in [3.05, 3.63) is 77.4 Å². The van der Waals surface area contributed by atoms with E-state index in [1.807, 2.05) is 31.2 Å². The van der Waals surface area contributed by atoms with Gasteiger partial charge in [-0.1, -0.05) is 91.0 Å². The Hall–Kier alpha value is -2.61. The molecule has 14 atom stereocenters. The number of benzene rings is 1. The number of aryl methyl sites for hydroxylation is 1. The highest BCUT2D eigenvalue weighted by atomic mass is 32.2. The number of hydrogen-bond donors (Lipinski definition) is 1. The van der Waals surface area contributed by atoms with Crippen molar-refractivity contribution in [1.82, 2.24) is 0 Å². The number of ketones is 2. The Bertz CT molecular complexity index is 2010. The number of carbonyl (C=O) groups excluding carboxylic acids is 2. The molecule has 0 aliphatic heterocycles. The summed E-state index contributed by atoms with van der Waals surface area (Å²) in [6.45, 7) is 16.6. The van der Waals surface area contributed by atoms with Crippen LogP contribution in [0.3, 0.4) is 0 Å². The molecule has 7 heteroatoms. The van der Waals surface area contributed by atoms with Gasteiger partial charge in [-0.05, 0) is 187 Å². The lowest BCUT2D eigenvalue weighted by Crippen LogP contribution is -2.49. The van der Waals surface area contributed by atoms with Crippen molar-refractivity contribution in [2.45, 2.75) is 138 Å². The van der Waals surface area contributed by atoms with Gasteiger partial charge in [-0.2, -0.15) is 8.42 Å². The Labute approximate surface area is 356 Å². The molecule has 8 unspecified atom stereocenters. The molecule has 4 fully saturated rings. The second-order valence-corrected chi connectivity index (χ2v) is 23.0. The van der Waals surface area contributed by atoms with Crippen LogP contribution in [0.1, 0.15) is 132 Å². The molecule has 1 aromatic carbocycles. The lowest BCUT2D eigenvalue weighted by atomic mass is 9.48.